The summed E-state index contributed by atoms with van der Waals surface area (Å²) in [6.07, 6.45) is 20.4. The second-order valence-corrected chi connectivity index (χ2v) is 8.25. The molecule has 0 aromatic heterocycles. The van der Waals surface area contributed by atoms with Crippen molar-refractivity contribution in [2.75, 3.05) is 0 Å². The van der Waals surface area contributed by atoms with Crippen LogP contribution in [0.4, 0.5) is 0 Å². The molecule has 2 fully saturated rings. The zero-order valence-electron chi connectivity index (χ0n) is 17.1. The fourth-order valence-corrected chi connectivity index (χ4v) is 4.13. The molecule has 2 rings (SSSR count). The molecule has 27 heavy (non-hydrogen) atoms. The summed E-state index contributed by atoms with van der Waals surface area (Å²) in [6, 6.07) is 1.74. The van der Waals surface area contributed by atoms with Crippen LogP contribution in [-0.2, 0) is 9.59 Å². The fourth-order valence-electron chi connectivity index (χ4n) is 4.13. The van der Waals surface area contributed by atoms with Gasteiger partial charge in [-0.05, 0) is 38.5 Å². The van der Waals surface area contributed by atoms with Gasteiger partial charge in [-0.1, -0.05) is 64.2 Å². The van der Waals surface area contributed by atoms with Gasteiger partial charge in [0, 0.05) is 24.9 Å². The molecule has 3 N–H and O–H groups in total. The highest BCUT2D eigenvalue weighted by molar-refractivity contribution is 5.66. The standard InChI is InChI=1S/C12H23N.C10H18O4/c1-3-7-11(8-4-1)13-12-9-5-2-6-10-12;11-9(12)7-5-3-1-2-4-6-8-10(13)14/h11-13H,1-10H2;1-8H2,(H,11,12)(H,13,14). The van der Waals surface area contributed by atoms with Gasteiger partial charge in [-0.25, -0.2) is 0 Å². The van der Waals surface area contributed by atoms with E-state index in [1.54, 1.807) is 0 Å². The predicted molar refractivity (Wildman–Crippen MR) is 109 cm³/mol. The Labute approximate surface area is 165 Å². The molecule has 0 aromatic rings. The van der Waals surface area contributed by atoms with E-state index in [0.29, 0.717) is 0 Å². The molecule has 0 radical (unpaired) electrons. The van der Waals surface area contributed by atoms with Gasteiger partial charge in [-0.2, -0.15) is 0 Å². The van der Waals surface area contributed by atoms with E-state index in [1.165, 1.54) is 64.2 Å². The predicted octanol–water partition coefficient (Wildman–Crippen LogP) is 5.52. The molecule has 0 unspecified atom stereocenters. The Morgan fingerprint density at radius 3 is 1.26 bits per heavy atom. The van der Waals surface area contributed by atoms with E-state index in [9.17, 15) is 9.59 Å². The van der Waals surface area contributed by atoms with Crippen molar-refractivity contribution in [1.82, 2.24) is 5.32 Å². The zero-order valence-corrected chi connectivity index (χ0v) is 17.1. The molecule has 2 aliphatic carbocycles. The van der Waals surface area contributed by atoms with Gasteiger partial charge in [0.05, 0.1) is 0 Å². The van der Waals surface area contributed by atoms with E-state index >= 15 is 0 Å². The maximum atomic E-state index is 10.1. The van der Waals surface area contributed by atoms with Gasteiger partial charge in [0.2, 0.25) is 0 Å². The van der Waals surface area contributed by atoms with Crippen molar-refractivity contribution < 1.29 is 19.8 Å². The number of rotatable bonds is 11. The van der Waals surface area contributed by atoms with Crippen molar-refractivity contribution in [2.24, 2.45) is 0 Å². The van der Waals surface area contributed by atoms with Gasteiger partial charge in [0.15, 0.2) is 0 Å². The third kappa shape index (κ3) is 14.6. The normalized spacial score (nSPS) is 18.5. The van der Waals surface area contributed by atoms with Crippen LogP contribution in [0.25, 0.3) is 0 Å². The molecular weight excluding hydrogens is 342 g/mol. The SMILES string of the molecule is C1CCC(NC2CCCCC2)CC1.O=C(O)CCCCCCCCC(=O)O. The first kappa shape index (κ1) is 23.9. The fraction of sp³-hybridized carbons (Fsp3) is 0.909. The van der Waals surface area contributed by atoms with Crippen LogP contribution in [0.2, 0.25) is 0 Å². The summed E-state index contributed by atoms with van der Waals surface area (Å²) in [5.41, 5.74) is 0. The third-order valence-electron chi connectivity index (χ3n) is 5.71. The minimum Gasteiger partial charge on any atom is -0.481 e. The Morgan fingerprint density at radius 1 is 0.593 bits per heavy atom. The highest BCUT2D eigenvalue weighted by Gasteiger charge is 2.19. The Kier molecular flexibility index (Phi) is 14.1. The Morgan fingerprint density at radius 2 is 0.926 bits per heavy atom. The maximum absolute atomic E-state index is 10.1. The van der Waals surface area contributed by atoms with Crippen molar-refractivity contribution in [3.8, 4) is 0 Å². The number of unbranched alkanes of at least 4 members (excludes halogenated alkanes) is 5. The lowest BCUT2D eigenvalue weighted by molar-refractivity contribution is -0.138. The first-order valence-corrected chi connectivity index (χ1v) is 11.3. The smallest absolute Gasteiger partial charge is 0.303 e. The molecule has 0 bridgehead atoms. The second-order valence-electron chi connectivity index (χ2n) is 8.25. The summed E-state index contributed by atoms with van der Waals surface area (Å²) in [7, 11) is 0. The summed E-state index contributed by atoms with van der Waals surface area (Å²) >= 11 is 0. The number of carboxylic acid groups (broad SMARTS) is 2. The third-order valence-corrected chi connectivity index (χ3v) is 5.71. The van der Waals surface area contributed by atoms with Crippen LogP contribution >= 0.6 is 0 Å². The highest BCUT2D eigenvalue weighted by atomic mass is 16.4. The lowest BCUT2D eigenvalue weighted by Crippen LogP contribution is -2.40. The first-order valence-electron chi connectivity index (χ1n) is 11.3. The van der Waals surface area contributed by atoms with E-state index < -0.39 is 11.9 Å². The van der Waals surface area contributed by atoms with Gasteiger partial charge in [0.1, 0.15) is 0 Å². The second kappa shape index (κ2) is 15.9. The van der Waals surface area contributed by atoms with E-state index in [2.05, 4.69) is 5.32 Å². The number of nitrogens with one attached hydrogen (secondary N) is 1. The number of hydrogen-bond donors (Lipinski definition) is 3. The molecule has 5 nitrogen and oxygen atoms in total. The molecule has 0 heterocycles. The minimum absolute atomic E-state index is 0.245. The molecular formula is C22H41NO4. The molecule has 0 spiro atoms. The van der Waals surface area contributed by atoms with Gasteiger partial charge in [-0.15, -0.1) is 0 Å². The number of carbonyl (C=O) groups is 2. The van der Waals surface area contributed by atoms with E-state index in [1.807, 2.05) is 0 Å². The van der Waals surface area contributed by atoms with Crippen molar-refractivity contribution in [2.45, 2.75) is 128 Å². The van der Waals surface area contributed by atoms with Gasteiger partial charge in [-0.3, -0.25) is 9.59 Å². The van der Waals surface area contributed by atoms with E-state index in [-0.39, 0.29) is 12.8 Å². The zero-order chi connectivity index (χ0) is 19.7. The quantitative estimate of drug-likeness (QED) is 0.409. The van der Waals surface area contributed by atoms with Crippen molar-refractivity contribution in [3.05, 3.63) is 0 Å². The van der Waals surface area contributed by atoms with Crippen LogP contribution < -0.4 is 5.32 Å². The summed E-state index contributed by atoms with van der Waals surface area (Å²) in [5.74, 6) is -1.48. The largest absolute Gasteiger partial charge is 0.481 e. The topological polar surface area (TPSA) is 86.6 Å². The lowest BCUT2D eigenvalue weighted by Gasteiger charge is -2.30. The molecule has 5 heteroatoms. The Hall–Kier alpha value is -1.10. The molecule has 2 aliphatic rings. The summed E-state index contributed by atoms with van der Waals surface area (Å²) in [4.78, 5) is 20.3. The number of carboxylic acids is 2. The van der Waals surface area contributed by atoms with Crippen LogP contribution in [0.5, 0.6) is 0 Å². The van der Waals surface area contributed by atoms with Crippen LogP contribution in [-0.4, -0.2) is 34.2 Å². The van der Waals surface area contributed by atoms with Gasteiger partial charge >= 0.3 is 11.9 Å². The van der Waals surface area contributed by atoms with Crippen LogP contribution in [0.15, 0.2) is 0 Å². The Balaban J connectivity index is 0.000000270. The average molecular weight is 384 g/mol. The summed E-state index contributed by atoms with van der Waals surface area (Å²) in [5, 5.41) is 20.6. The monoisotopic (exact) mass is 383 g/mol. The maximum Gasteiger partial charge on any atom is 0.303 e. The molecule has 0 aromatic carbocycles. The number of hydrogen-bond acceptors (Lipinski definition) is 3. The number of aliphatic carboxylic acids is 2. The van der Waals surface area contributed by atoms with Crippen molar-refractivity contribution in [1.29, 1.82) is 0 Å². The van der Waals surface area contributed by atoms with Crippen molar-refractivity contribution in [3.63, 3.8) is 0 Å². The van der Waals surface area contributed by atoms with E-state index in [4.69, 9.17) is 10.2 Å². The molecule has 2 saturated carbocycles. The molecule has 0 atom stereocenters. The molecule has 0 aliphatic heterocycles. The molecule has 0 saturated heterocycles. The summed E-state index contributed by atoms with van der Waals surface area (Å²) in [6.45, 7) is 0. The molecule has 0 amide bonds. The average Bonchev–Trinajstić information content (AvgIpc) is 2.66. The van der Waals surface area contributed by atoms with Crippen LogP contribution in [0, 0.1) is 0 Å². The summed E-state index contributed by atoms with van der Waals surface area (Å²) < 4.78 is 0. The van der Waals surface area contributed by atoms with Crippen molar-refractivity contribution >= 4 is 11.9 Å². The van der Waals surface area contributed by atoms with Gasteiger partial charge in [0.25, 0.3) is 0 Å². The van der Waals surface area contributed by atoms with Crippen LogP contribution in [0.1, 0.15) is 116 Å². The minimum atomic E-state index is -0.740. The lowest BCUT2D eigenvalue weighted by atomic mass is 9.91. The molecule has 158 valence electrons. The highest BCUT2D eigenvalue weighted by Crippen LogP contribution is 2.22. The van der Waals surface area contributed by atoms with Gasteiger partial charge < -0.3 is 15.5 Å². The van der Waals surface area contributed by atoms with Crippen LogP contribution in [0.3, 0.4) is 0 Å². The first-order chi connectivity index (χ1) is 13.1. The Bertz CT molecular complexity index is 352. The van der Waals surface area contributed by atoms with E-state index in [0.717, 1.165) is 50.6 Å².